The summed E-state index contributed by atoms with van der Waals surface area (Å²) in [7, 11) is 1.67. The number of rotatable bonds is 4. The summed E-state index contributed by atoms with van der Waals surface area (Å²) in [6.07, 6.45) is 2.75. The molecule has 2 aromatic rings. The van der Waals surface area contributed by atoms with Crippen LogP contribution in [0.1, 0.15) is 5.82 Å². The van der Waals surface area contributed by atoms with E-state index >= 15 is 0 Å². The quantitative estimate of drug-likeness (QED) is 0.559. The average Bonchev–Trinajstić information content (AvgIpc) is 2.84. The Morgan fingerprint density at radius 1 is 1.62 bits per heavy atom. The van der Waals surface area contributed by atoms with Gasteiger partial charge in [-0.05, 0) is 9.91 Å². The maximum Gasteiger partial charge on any atom is 0.406 e. The van der Waals surface area contributed by atoms with Crippen molar-refractivity contribution in [2.45, 2.75) is 6.54 Å². The number of nitrogens with one attached hydrogen (secondary N) is 2. The molecule has 0 aliphatic rings. The first-order valence-corrected chi connectivity index (χ1v) is 4.42. The van der Waals surface area contributed by atoms with E-state index in [4.69, 9.17) is 0 Å². The Bertz CT molecular complexity index is 489. The van der Waals surface area contributed by atoms with Gasteiger partial charge < -0.3 is 15.4 Å². The van der Waals surface area contributed by atoms with E-state index in [0.717, 1.165) is 0 Å². The van der Waals surface area contributed by atoms with Crippen molar-refractivity contribution in [2.75, 3.05) is 5.32 Å². The first kappa shape index (κ1) is 10.1. The molecule has 9 heteroatoms. The lowest BCUT2D eigenvalue weighted by molar-refractivity contribution is -0.388. The summed E-state index contributed by atoms with van der Waals surface area (Å²) in [4.78, 5) is 17.7. The standard InChI is InChI=1S/C7H9N7O2/c1-13-4-10-7(14(15)16)6(13)8-2-5-9-3-11-12-5/h3-4,8H,2H2,1H3,(H,9,11,12). The van der Waals surface area contributed by atoms with E-state index in [0.29, 0.717) is 18.2 Å². The molecular formula is C7H9N7O2. The third-order valence-corrected chi connectivity index (χ3v) is 1.98. The molecule has 0 saturated carbocycles. The van der Waals surface area contributed by atoms with E-state index in [9.17, 15) is 10.1 Å². The lowest BCUT2D eigenvalue weighted by Crippen LogP contribution is -2.06. The zero-order chi connectivity index (χ0) is 11.5. The maximum atomic E-state index is 10.7. The van der Waals surface area contributed by atoms with Crippen LogP contribution in [0.4, 0.5) is 11.6 Å². The number of H-pyrrole nitrogens is 1. The molecule has 0 amide bonds. The Labute approximate surface area is 89.7 Å². The largest absolute Gasteiger partial charge is 0.406 e. The monoisotopic (exact) mass is 223 g/mol. The fourth-order valence-corrected chi connectivity index (χ4v) is 1.24. The second-order valence-corrected chi connectivity index (χ2v) is 3.07. The van der Waals surface area contributed by atoms with Crippen LogP contribution in [0.15, 0.2) is 12.7 Å². The molecule has 0 radical (unpaired) electrons. The van der Waals surface area contributed by atoms with E-state index < -0.39 is 4.92 Å². The molecule has 0 aromatic carbocycles. The van der Waals surface area contributed by atoms with Crippen LogP contribution in [0, 0.1) is 10.1 Å². The van der Waals surface area contributed by atoms with Crippen LogP contribution in [-0.4, -0.2) is 29.7 Å². The Hall–Kier alpha value is -2.45. The van der Waals surface area contributed by atoms with E-state index in [2.05, 4.69) is 25.5 Å². The normalized spacial score (nSPS) is 10.3. The van der Waals surface area contributed by atoms with Gasteiger partial charge in [-0.2, -0.15) is 5.10 Å². The Balaban J connectivity index is 2.14. The molecule has 2 rings (SSSR count). The van der Waals surface area contributed by atoms with Gasteiger partial charge in [0.1, 0.15) is 12.2 Å². The zero-order valence-electron chi connectivity index (χ0n) is 8.41. The Morgan fingerprint density at radius 3 is 3.06 bits per heavy atom. The van der Waals surface area contributed by atoms with Crippen LogP contribution >= 0.6 is 0 Å². The SMILES string of the molecule is Cn1cnc([N+](=O)[O-])c1NCc1ncn[nH]1. The first-order chi connectivity index (χ1) is 7.68. The molecular weight excluding hydrogens is 214 g/mol. The third kappa shape index (κ3) is 1.82. The molecule has 84 valence electrons. The fraction of sp³-hybridized carbons (Fsp3) is 0.286. The first-order valence-electron chi connectivity index (χ1n) is 4.42. The van der Waals surface area contributed by atoms with Crippen molar-refractivity contribution in [2.24, 2.45) is 7.05 Å². The van der Waals surface area contributed by atoms with Gasteiger partial charge in [0.2, 0.25) is 12.1 Å². The highest BCUT2D eigenvalue weighted by molar-refractivity contribution is 5.51. The average molecular weight is 223 g/mol. The molecule has 0 fully saturated rings. The highest BCUT2D eigenvalue weighted by atomic mass is 16.6. The van der Waals surface area contributed by atoms with Crippen LogP contribution in [0.2, 0.25) is 0 Å². The van der Waals surface area contributed by atoms with Crippen LogP contribution in [0.25, 0.3) is 0 Å². The number of nitrogens with zero attached hydrogens (tertiary/aromatic N) is 5. The molecule has 16 heavy (non-hydrogen) atoms. The van der Waals surface area contributed by atoms with E-state index in [1.165, 1.54) is 17.2 Å². The number of nitro groups is 1. The van der Waals surface area contributed by atoms with Crippen LogP contribution in [-0.2, 0) is 13.6 Å². The third-order valence-electron chi connectivity index (χ3n) is 1.98. The van der Waals surface area contributed by atoms with Gasteiger partial charge in [-0.25, -0.2) is 4.98 Å². The summed E-state index contributed by atoms with van der Waals surface area (Å²) in [6.45, 7) is 0.320. The van der Waals surface area contributed by atoms with Crippen molar-refractivity contribution in [1.82, 2.24) is 24.7 Å². The van der Waals surface area contributed by atoms with Crippen molar-refractivity contribution in [3.8, 4) is 0 Å². The van der Waals surface area contributed by atoms with Crippen molar-refractivity contribution < 1.29 is 4.92 Å². The second kappa shape index (κ2) is 3.96. The highest BCUT2D eigenvalue weighted by Crippen LogP contribution is 2.21. The minimum absolute atomic E-state index is 0.206. The van der Waals surface area contributed by atoms with Crippen LogP contribution in [0.3, 0.4) is 0 Å². The number of anilines is 1. The summed E-state index contributed by atoms with van der Waals surface area (Å²) in [5.41, 5.74) is 0. The predicted octanol–water partition coefficient (Wildman–Crippen LogP) is 0.0585. The Kier molecular flexibility index (Phi) is 2.50. The molecule has 0 atom stereocenters. The molecule has 0 aliphatic carbocycles. The number of hydrogen-bond donors (Lipinski definition) is 2. The minimum Gasteiger partial charge on any atom is -0.358 e. The summed E-state index contributed by atoms with van der Waals surface area (Å²) < 4.78 is 1.54. The lowest BCUT2D eigenvalue weighted by Gasteiger charge is -2.03. The molecule has 0 saturated heterocycles. The van der Waals surface area contributed by atoms with Gasteiger partial charge in [-0.15, -0.1) is 0 Å². The molecule has 0 bridgehead atoms. The maximum absolute atomic E-state index is 10.7. The van der Waals surface area contributed by atoms with Crippen LogP contribution < -0.4 is 5.32 Å². The van der Waals surface area contributed by atoms with Gasteiger partial charge in [0.25, 0.3) is 0 Å². The summed E-state index contributed by atoms with van der Waals surface area (Å²) in [5.74, 6) is 0.721. The van der Waals surface area contributed by atoms with E-state index in [1.54, 1.807) is 7.05 Å². The molecule has 9 nitrogen and oxygen atoms in total. The summed E-state index contributed by atoms with van der Waals surface area (Å²) >= 11 is 0. The molecule has 0 spiro atoms. The fourth-order valence-electron chi connectivity index (χ4n) is 1.24. The number of aryl methyl sites for hydroxylation is 1. The van der Waals surface area contributed by atoms with Gasteiger partial charge in [-0.3, -0.25) is 9.67 Å². The van der Waals surface area contributed by atoms with Gasteiger partial charge in [0.05, 0.1) is 6.54 Å². The summed E-state index contributed by atoms with van der Waals surface area (Å²) in [5, 5.41) is 19.8. The molecule has 0 unspecified atom stereocenters. The van der Waals surface area contributed by atoms with E-state index in [-0.39, 0.29) is 5.82 Å². The Morgan fingerprint density at radius 2 is 2.44 bits per heavy atom. The van der Waals surface area contributed by atoms with Crippen molar-refractivity contribution in [1.29, 1.82) is 0 Å². The number of hydrogen-bond acceptors (Lipinski definition) is 6. The number of imidazole rings is 1. The molecule has 2 N–H and O–H groups in total. The van der Waals surface area contributed by atoms with Crippen molar-refractivity contribution in [3.05, 3.63) is 28.6 Å². The summed E-state index contributed by atoms with van der Waals surface area (Å²) in [6, 6.07) is 0. The van der Waals surface area contributed by atoms with Gasteiger partial charge >= 0.3 is 5.82 Å². The van der Waals surface area contributed by atoms with Crippen molar-refractivity contribution in [3.63, 3.8) is 0 Å². The molecule has 2 heterocycles. The minimum atomic E-state index is -0.539. The van der Waals surface area contributed by atoms with Crippen LogP contribution in [0.5, 0.6) is 0 Å². The highest BCUT2D eigenvalue weighted by Gasteiger charge is 2.19. The van der Waals surface area contributed by atoms with Gasteiger partial charge in [0, 0.05) is 7.05 Å². The number of aromatic nitrogens is 5. The van der Waals surface area contributed by atoms with E-state index in [1.807, 2.05) is 0 Å². The number of aromatic amines is 1. The smallest absolute Gasteiger partial charge is 0.358 e. The molecule has 0 aliphatic heterocycles. The van der Waals surface area contributed by atoms with Gasteiger partial charge in [-0.1, -0.05) is 0 Å². The zero-order valence-corrected chi connectivity index (χ0v) is 8.41. The van der Waals surface area contributed by atoms with Gasteiger partial charge in [0.15, 0.2) is 0 Å². The predicted molar refractivity (Wildman–Crippen MR) is 53.6 cm³/mol. The lowest BCUT2D eigenvalue weighted by atomic mass is 10.5. The molecule has 2 aromatic heterocycles. The van der Waals surface area contributed by atoms with Crippen molar-refractivity contribution >= 4 is 11.6 Å². The second-order valence-electron chi connectivity index (χ2n) is 3.07. The topological polar surface area (TPSA) is 115 Å².